The van der Waals surface area contributed by atoms with Crippen molar-refractivity contribution in [2.45, 2.75) is 18.5 Å². The van der Waals surface area contributed by atoms with Crippen molar-refractivity contribution in [3.8, 4) is 11.1 Å². The van der Waals surface area contributed by atoms with Crippen molar-refractivity contribution in [3.05, 3.63) is 36.9 Å². The molecule has 1 unspecified atom stereocenters. The largest absolute Gasteiger partial charge is 0.767 e. The maximum absolute atomic E-state index is 11.1. The molecule has 1 atom stereocenters. The summed E-state index contributed by atoms with van der Waals surface area (Å²) < 4.78 is 25.6. The van der Waals surface area contributed by atoms with Crippen molar-refractivity contribution in [3.63, 3.8) is 0 Å². The van der Waals surface area contributed by atoms with Gasteiger partial charge < -0.3 is 4.55 Å². The lowest BCUT2D eigenvalue weighted by atomic mass is 10.2. The van der Waals surface area contributed by atoms with E-state index >= 15 is 0 Å². The van der Waals surface area contributed by atoms with E-state index in [0.29, 0.717) is 5.65 Å². The Morgan fingerprint density at radius 1 is 1.26 bits per heavy atom. The van der Waals surface area contributed by atoms with E-state index in [-0.39, 0.29) is 5.03 Å². The highest BCUT2D eigenvalue weighted by atomic mass is 32.2. The lowest BCUT2D eigenvalue weighted by Gasteiger charge is -2.05. The molecule has 3 heterocycles. The molecule has 0 fully saturated rings. The summed E-state index contributed by atoms with van der Waals surface area (Å²) >= 11 is -2.30. The van der Waals surface area contributed by atoms with Crippen LogP contribution in [0.4, 0.5) is 0 Å². The van der Waals surface area contributed by atoms with Crippen LogP contribution in [0.3, 0.4) is 0 Å². The topological polar surface area (TPSA) is 75.2 Å². The fraction of sp³-hybridized carbons (Fsp3) is 0.167. The van der Waals surface area contributed by atoms with E-state index in [0.717, 1.165) is 17.7 Å². The molecule has 19 heavy (non-hydrogen) atoms. The Bertz CT molecular complexity index is 762. The zero-order valence-electron chi connectivity index (χ0n) is 10.2. The molecule has 3 aromatic heterocycles. The second kappa shape index (κ2) is 4.60. The Labute approximate surface area is 112 Å². The number of hydrogen-bond acceptors (Lipinski definition) is 4. The first-order valence-electron chi connectivity index (χ1n) is 5.78. The number of fused-ring (bicyclic) bond motifs is 1. The van der Waals surface area contributed by atoms with Crippen LogP contribution in [0, 0.1) is 0 Å². The lowest BCUT2D eigenvalue weighted by Crippen LogP contribution is -1.95. The smallest absolute Gasteiger partial charge is 0.137 e. The van der Waals surface area contributed by atoms with Crippen molar-refractivity contribution in [2.75, 3.05) is 0 Å². The van der Waals surface area contributed by atoms with Gasteiger partial charge in [-0.15, -0.1) is 0 Å². The summed E-state index contributed by atoms with van der Waals surface area (Å²) in [5, 5.41) is 4.36. The SMILES string of the molecule is CCn1cc(-c2ccc3ncc(S(=O)[O-])n3c2)cn1. The monoisotopic (exact) mass is 275 g/mol. The highest BCUT2D eigenvalue weighted by molar-refractivity contribution is 7.79. The van der Waals surface area contributed by atoms with Gasteiger partial charge in [0.2, 0.25) is 0 Å². The van der Waals surface area contributed by atoms with Gasteiger partial charge in [-0.05, 0) is 30.1 Å². The maximum atomic E-state index is 11.1. The molecule has 0 aliphatic rings. The minimum absolute atomic E-state index is 0.153. The summed E-state index contributed by atoms with van der Waals surface area (Å²) in [6.45, 7) is 2.80. The minimum Gasteiger partial charge on any atom is -0.767 e. The average molecular weight is 275 g/mol. The molecule has 98 valence electrons. The van der Waals surface area contributed by atoms with Crippen LogP contribution in [-0.4, -0.2) is 27.9 Å². The Morgan fingerprint density at radius 2 is 2.11 bits per heavy atom. The molecule has 0 aromatic carbocycles. The number of aromatic nitrogens is 4. The number of nitrogens with zero attached hydrogens (tertiary/aromatic N) is 4. The molecule has 0 spiro atoms. The zero-order chi connectivity index (χ0) is 13.4. The molecule has 0 saturated heterocycles. The summed E-state index contributed by atoms with van der Waals surface area (Å²) in [6, 6.07) is 3.69. The second-order valence-electron chi connectivity index (χ2n) is 4.06. The molecule has 0 bridgehead atoms. The summed E-state index contributed by atoms with van der Waals surface area (Å²) in [5.74, 6) is 0. The molecular weight excluding hydrogens is 264 g/mol. The van der Waals surface area contributed by atoms with E-state index in [1.165, 1.54) is 6.20 Å². The predicted octanol–water partition coefficient (Wildman–Crippen LogP) is 1.46. The molecule has 3 aromatic rings. The quantitative estimate of drug-likeness (QED) is 0.678. The van der Waals surface area contributed by atoms with Gasteiger partial charge in [-0.2, -0.15) is 5.10 Å². The van der Waals surface area contributed by atoms with E-state index in [2.05, 4.69) is 10.1 Å². The first kappa shape index (κ1) is 12.1. The van der Waals surface area contributed by atoms with Crippen LogP contribution < -0.4 is 0 Å². The van der Waals surface area contributed by atoms with Gasteiger partial charge in [-0.3, -0.25) is 13.3 Å². The summed E-state index contributed by atoms with van der Waals surface area (Å²) in [4.78, 5) is 4.05. The first-order chi connectivity index (χ1) is 9.19. The maximum Gasteiger partial charge on any atom is 0.137 e. The molecule has 6 nitrogen and oxygen atoms in total. The van der Waals surface area contributed by atoms with Gasteiger partial charge in [0.05, 0.1) is 12.4 Å². The van der Waals surface area contributed by atoms with Gasteiger partial charge >= 0.3 is 0 Å². The van der Waals surface area contributed by atoms with Crippen molar-refractivity contribution in [1.29, 1.82) is 0 Å². The molecular formula is C12H11N4O2S-. The number of rotatable bonds is 3. The normalized spacial score (nSPS) is 12.9. The Morgan fingerprint density at radius 3 is 2.79 bits per heavy atom. The van der Waals surface area contributed by atoms with Crippen LogP contribution in [0.2, 0.25) is 0 Å². The van der Waals surface area contributed by atoms with Crippen molar-refractivity contribution >= 4 is 16.7 Å². The van der Waals surface area contributed by atoms with E-state index < -0.39 is 11.1 Å². The minimum atomic E-state index is -2.30. The molecule has 0 aliphatic heterocycles. The highest BCUT2D eigenvalue weighted by Crippen LogP contribution is 2.20. The van der Waals surface area contributed by atoms with Crippen molar-refractivity contribution < 1.29 is 8.76 Å². The zero-order valence-corrected chi connectivity index (χ0v) is 11.0. The van der Waals surface area contributed by atoms with Crippen LogP contribution >= 0.6 is 0 Å². The number of imidazole rings is 1. The molecule has 3 rings (SSSR count). The fourth-order valence-corrected chi connectivity index (χ4v) is 2.38. The Kier molecular flexibility index (Phi) is 2.92. The number of aryl methyl sites for hydroxylation is 1. The third kappa shape index (κ3) is 2.06. The first-order valence-corrected chi connectivity index (χ1v) is 6.85. The molecule has 0 N–H and O–H groups in total. The summed E-state index contributed by atoms with van der Waals surface area (Å²) in [5.41, 5.74) is 2.45. The van der Waals surface area contributed by atoms with Gasteiger partial charge in [0.1, 0.15) is 10.7 Å². The van der Waals surface area contributed by atoms with Crippen LogP contribution in [0.5, 0.6) is 0 Å². The van der Waals surface area contributed by atoms with Gasteiger partial charge in [0, 0.05) is 30.1 Å². The van der Waals surface area contributed by atoms with Crippen molar-refractivity contribution in [1.82, 2.24) is 19.2 Å². The second-order valence-corrected chi connectivity index (χ2v) is 4.95. The lowest BCUT2D eigenvalue weighted by molar-refractivity contribution is 0.532. The van der Waals surface area contributed by atoms with Crippen LogP contribution in [-0.2, 0) is 17.6 Å². The predicted molar refractivity (Wildman–Crippen MR) is 69.3 cm³/mol. The van der Waals surface area contributed by atoms with Gasteiger partial charge in [0.25, 0.3) is 0 Å². The Balaban J connectivity index is 2.14. The highest BCUT2D eigenvalue weighted by Gasteiger charge is 2.07. The van der Waals surface area contributed by atoms with Crippen LogP contribution in [0.15, 0.2) is 41.9 Å². The number of hydrogen-bond donors (Lipinski definition) is 0. The summed E-state index contributed by atoms with van der Waals surface area (Å²) in [6.07, 6.45) is 6.78. The summed E-state index contributed by atoms with van der Waals surface area (Å²) in [7, 11) is 0. The van der Waals surface area contributed by atoms with Gasteiger partial charge in [-0.1, -0.05) is 0 Å². The van der Waals surface area contributed by atoms with E-state index in [1.54, 1.807) is 22.9 Å². The van der Waals surface area contributed by atoms with E-state index in [4.69, 9.17) is 0 Å². The molecule has 7 heteroatoms. The molecule has 0 aliphatic carbocycles. The fourth-order valence-electron chi connectivity index (χ4n) is 1.94. The average Bonchev–Trinajstić information content (AvgIpc) is 3.04. The van der Waals surface area contributed by atoms with E-state index in [9.17, 15) is 8.76 Å². The molecule has 0 amide bonds. The van der Waals surface area contributed by atoms with E-state index in [1.807, 2.05) is 23.9 Å². The standard InChI is InChI=1S/C12H12N4O2S/c1-2-15-7-10(5-14-15)9-3-4-11-13-6-12(19(17)18)16(11)8-9/h3-8H,2H2,1H3,(H,17,18)/p-1. The Hall–Kier alpha value is -1.99. The molecule has 0 saturated carbocycles. The third-order valence-corrected chi connectivity index (χ3v) is 3.58. The number of pyridine rings is 1. The van der Waals surface area contributed by atoms with Crippen LogP contribution in [0.25, 0.3) is 16.8 Å². The van der Waals surface area contributed by atoms with Crippen molar-refractivity contribution in [2.24, 2.45) is 0 Å². The third-order valence-electron chi connectivity index (χ3n) is 2.93. The molecule has 0 radical (unpaired) electrons. The van der Waals surface area contributed by atoms with Gasteiger partial charge in [0.15, 0.2) is 0 Å². The van der Waals surface area contributed by atoms with Gasteiger partial charge in [-0.25, -0.2) is 4.98 Å². The van der Waals surface area contributed by atoms with Crippen LogP contribution in [0.1, 0.15) is 6.92 Å².